The molecule has 18 aromatic rings. The van der Waals surface area contributed by atoms with Gasteiger partial charge in [0.15, 0.2) is 0 Å². The Morgan fingerprint density at radius 2 is 0.412 bits per heavy atom. The third kappa shape index (κ3) is 15.9. The summed E-state index contributed by atoms with van der Waals surface area (Å²) in [6.45, 7) is 0. The number of hydrogen-bond acceptors (Lipinski definition) is 6. The second kappa shape index (κ2) is 34.6. The van der Waals surface area contributed by atoms with Crippen LogP contribution in [0.2, 0.25) is 0 Å². The molecular weight excluding hydrogens is 2010 g/mol. The van der Waals surface area contributed by atoms with Crippen molar-refractivity contribution in [3.8, 4) is 190 Å². The first-order valence-corrected chi connectivity index (χ1v) is 39.5. The maximum Gasteiger partial charge on any atom is 3.00 e. The number of pyridine rings is 4. The first-order valence-electron chi connectivity index (χ1n) is 36.3. The molecule has 12 heteroatoms. The Bertz CT molecular complexity index is 5850. The minimum atomic E-state index is 0. The van der Waals surface area contributed by atoms with Crippen LogP contribution >= 0.6 is 63.7 Å². The summed E-state index contributed by atoms with van der Waals surface area (Å²) in [5.74, 6) is 0.507. The standard InChI is InChI=1S/C102H58Br4N6.2Ir/c103-94-59-67(98-33-13-17-49-107-98)41-45-90(94)86-29-9-5-24-81(86)73-53-71(54-74(57-73)82-25-6-10-30-87(82)91-46-42-68(60-95(91)104)99-34-14-18-50-108-99)79-22-2-1-21-78(79)65-37-39-66(40-38-65)102-111-63-77(64-112-102)85-28-4-3-23-80(85)72-55-75(83-26-7-11-31-88(83)92-47-43-69(61-96(92)105)100-35-15-19-51-109-100)58-76(56-72)84-27-8-12-32-89(84)93-48-44-70(62-97(93)106)101-36-16-20-52-110-101;;/h1-38,45-64H;;/q-6;2*+3. The summed E-state index contributed by atoms with van der Waals surface area (Å²) in [7, 11) is 0. The molecule has 0 atom stereocenters. The summed E-state index contributed by atoms with van der Waals surface area (Å²) in [6, 6.07) is 131. The zero-order chi connectivity index (χ0) is 75.4. The predicted octanol–water partition coefficient (Wildman–Crippen LogP) is 28.2. The first-order chi connectivity index (χ1) is 55.2. The summed E-state index contributed by atoms with van der Waals surface area (Å²) < 4.78 is 3.76. The van der Waals surface area contributed by atoms with Crippen molar-refractivity contribution >= 4 is 63.7 Å². The van der Waals surface area contributed by atoms with Gasteiger partial charge in [0.2, 0.25) is 0 Å². The normalized spacial score (nSPS) is 11.0. The largest absolute Gasteiger partial charge is 3.00 e. The minimum absolute atomic E-state index is 0. The third-order valence-electron chi connectivity index (χ3n) is 20.1. The molecule has 0 radical (unpaired) electrons. The molecule has 5 heterocycles. The molecule has 6 nitrogen and oxygen atoms in total. The third-order valence-corrected chi connectivity index (χ3v) is 22.7. The Labute approximate surface area is 723 Å². The SMILES string of the molecule is Brc1cc(-c2ccccn2)[c-]cc1-c1ccccc1-c1cc(-c2ccccc2-c2c[c-]c(-c3ncc(-c4ccccc4-c4cc(-c5ccccc5-c5c[c-]c(-c6ccccn6)cc5Br)cc(-c5ccccc5-c5c[c-]c(-c6ccccn6)cc5Br)c4)cn3)[c-]c2)cc(-c2ccccc2-c2c[c-]c(-c3ccccn3)cc2Br)c1.[Ir+3].[Ir+3]. The molecule has 0 amide bonds. The molecular formula is C102H58Br4Ir2N6. The molecule has 13 aromatic carbocycles. The van der Waals surface area contributed by atoms with E-state index in [4.69, 9.17) is 9.97 Å². The maximum atomic E-state index is 5.09. The van der Waals surface area contributed by atoms with E-state index in [1.54, 1.807) is 0 Å². The summed E-state index contributed by atoms with van der Waals surface area (Å²) in [5.41, 5.74) is 32.3. The van der Waals surface area contributed by atoms with E-state index < -0.39 is 0 Å². The number of rotatable bonds is 17. The minimum Gasteiger partial charge on any atom is -0.332 e. The Kier molecular flexibility index (Phi) is 23.3. The number of benzene rings is 13. The zero-order valence-electron chi connectivity index (χ0n) is 60.3. The molecule has 0 saturated heterocycles. The Morgan fingerprint density at radius 1 is 0.193 bits per heavy atom. The van der Waals surface area contributed by atoms with Gasteiger partial charge in [0, 0.05) is 42.7 Å². The van der Waals surface area contributed by atoms with Crippen LogP contribution in [-0.2, 0) is 40.2 Å². The summed E-state index contributed by atoms with van der Waals surface area (Å²) >= 11 is 16.0. The van der Waals surface area contributed by atoms with Gasteiger partial charge in [-0.3, -0.25) is 12.1 Å². The van der Waals surface area contributed by atoms with Gasteiger partial charge in [0.05, 0.1) is 0 Å². The summed E-state index contributed by atoms with van der Waals surface area (Å²) in [4.78, 5) is 28.7. The van der Waals surface area contributed by atoms with Crippen LogP contribution in [0.3, 0.4) is 0 Å². The van der Waals surface area contributed by atoms with Gasteiger partial charge in [-0.25, -0.2) is 17.7 Å². The quantitative estimate of drug-likeness (QED) is 0.0846. The van der Waals surface area contributed by atoms with Crippen LogP contribution < -0.4 is 0 Å². The van der Waals surface area contributed by atoms with E-state index in [0.29, 0.717) is 11.4 Å². The van der Waals surface area contributed by atoms with E-state index in [-0.39, 0.29) is 40.2 Å². The maximum absolute atomic E-state index is 5.09. The average Bonchev–Trinajstić information content (AvgIpc) is 0.768. The number of hydrogen-bond donors (Lipinski definition) is 0. The van der Waals surface area contributed by atoms with Crippen LogP contribution in [0, 0.1) is 36.4 Å². The van der Waals surface area contributed by atoms with Crippen LogP contribution in [0.1, 0.15) is 0 Å². The summed E-state index contributed by atoms with van der Waals surface area (Å²) in [5, 5.41) is 0. The van der Waals surface area contributed by atoms with Crippen molar-refractivity contribution in [1.82, 2.24) is 29.9 Å². The molecule has 0 unspecified atom stereocenters. The van der Waals surface area contributed by atoms with Crippen molar-refractivity contribution in [2.75, 3.05) is 0 Å². The van der Waals surface area contributed by atoms with E-state index in [2.05, 4.69) is 351 Å². The molecule has 0 aliphatic carbocycles. The topological polar surface area (TPSA) is 77.3 Å². The molecule has 542 valence electrons. The Morgan fingerprint density at radius 3 is 0.649 bits per heavy atom. The van der Waals surface area contributed by atoms with Crippen molar-refractivity contribution in [3.05, 3.63) is 407 Å². The smallest absolute Gasteiger partial charge is 0.332 e. The van der Waals surface area contributed by atoms with Gasteiger partial charge >= 0.3 is 40.2 Å². The molecule has 0 N–H and O–H groups in total. The van der Waals surface area contributed by atoms with Gasteiger partial charge in [-0.05, 0) is 162 Å². The second-order valence-corrected chi connectivity index (χ2v) is 30.3. The van der Waals surface area contributed by atoms with E-state index in [1.165, 1.54) is 0 Å². The molecule has 5 aromatic heterocycles. The van der Waals surface area contributed by atoms with Crippen molar-refractivity contribution in [1.29, 1.82) is 0 Å². The molecule has 0 fully saturated rings. The number of nitrogens with zero attached hydrogens (tertiary/aromatic N) is 6. The molecule has 0 spiro atoms. The molecule has 0 saturated carbocycles. The van der Waals surface area contributed by atoms with Gasteiger partial charge in [0.25, 0.3) is 0 Å². The van der Waals surface area contributed by atoms with Crippen LogP contribution in [0.5, 0.6) is 0 Å². The first kappa shape index (κ1) is 76.7. The molecule has 0 aliphatic rings. The van der Waals surface area contributed by atoms with Crippen molar-refractivity contribution < 1.29 is 40.2 Å². The van der Waals surface area contributed by atoms with Gasteiger partial charge < -0.3 is 29.9 Å². The van der Waals surface area contributed by atoms with Gasteiger partial charge in [-0.1, -0.05) is 326 Å². The van der Waals surface area contributed by atoms with E-state index in [0.717, 1.165) is 196 Å². The fraction of sp³-hybridized carbons (Fsp3) is 0. The molecule has 114 heavy (non-hydrogen) atoms. The Hall–Kier alpha value is -11.2. The van der Waals surface area contributed by atoms with Crippen molar-refractivity contribution in [2.24, 2.45) is 0 Å². The molecule has 0 bridgehead atoms. The number of aromatic nitrogens is 6. The van der Waals surface area contributed by atoms with Crippen LogP contribution in [0.15, 0.2) is 371 Å². The van der Waals surface area contributed by atoms with Crippen LogP contribution in [0.25, 0.3) is 190 Å². The predicted molar refractivity (Wildman–Crippen MR) is 469 cm³/mol. The van der Waals surface area contributed by atoms with Crippen LogP contribution in [0.4, 0.5) is 0 Å². The van der Waals surface area contributed by atoms with Crippen LogP contribution in [-0.4, -0.2) is 29.9 Å². The molecule has 0 aliphatic heterocycles. The molecule has 18 rings (SSSR count). The zero-order valence-corrected chi connectivity index (χ0v) is 71.5. The Balaban J connectivity index is 0.00000489. The monoisotopic (exact) mass is 2070 g/mol. The van der Waals surface area contributed by atoms with E-state index >= 15 is 0 Å². The summed E-state index contributed by atoms with van der Waals surface area (Å²) in [6.07, 6.45) is 11.1. The fourth-order valence-corrected chi connectivity index (χ4v) is 16.9. The number of halogens is 4. The van der Waals surface area contributed by atoms with E-state index in [9.17, 15) is 0 Å². The fourth-order valence-electron chi connectivity index (χ4n) is 14.7. The van der Waals surface area contributed by atoms with E-state index in [1.807, 2.05) is 122 Å². The second-order valence-electron chi connectivity index (χ2n) is 26.9. The van der Waals surface area contributed by atoms with Gasteiger partial charge in [-0.2, -0.15) is 5.56 Å². The van der Waals surface area contributed by atoms with Crippen molar-refractivity contribution in [2.45, 2.75) is 0 Å². The van der Waals surface area contributed by atoms with Gasteiger partial charge in [-0.15, -0.1) is 95.1 Å². The van der Waals surface area contributed by atoms with Gasteiger partial charge in [0.1, 0.15) is 0 Å². The van der Waals surface area contributed by atoms with Crippen molar-refractivity contribution in [3.63, 3.8) is 0 Å². The average molecular weight is 2070 g/mol.